The molecule has 1 aromatic rings. The molecule has 0 saturated carbocycles. The first-order chi connectivity index (χ1) is 9.60. The number of unbranched alkanes of at least 4 members (excludes halogenated alkanes) is 1. The Hall–Kier alpha value is -1.18. The van der Waals surface area contributed by atoms with Crippen LogP contribution in [0.4, 0.5) is 0 Å². The van der Waals surface area contributed by atoms with Gasteiger partial charge in [-0.3, -0.25) is 0 Å². The van der Waals surface area contributed by atoms with Crippen molar-refractivity contribution in [1.29, 1.82) is 0 Å². The van der Waals surface area contributed by atoms with Crippen LogP contribution in [0, 0.1) is 11.8 Å². The lowest BCUT2D eigenvalue weighted by atomic mass is 9.84. The van der Waals surface area contributed by atoms with Crippen LogP contribution < -0.4 is 0 Å². The lowest BCUT2D eigenvalue weighted by Crippen LogP contribution is -2.11. The number of hydrogen-bond donors (Lipinski definition) is 2. The molecule has 0 radical (unpaired) electrons. The molecule has 0 spiro atoms. The Kier molecular flexibility index (Phi) is 7.50. The fourth-order valence-corrected chi connectivity index (χ4v) is 2.89. The highest BCUT2D eigenvalue weighted by molar-refractivity contribution is 5.38. The van der Waals surface area contributed by atoms with E-state index in [0.717, 1.165) is 24.3 Å². The summed E-state index contributed by atoms with van der Waals surface area (Å²) in [6.45, 7) is 6.74. The zero-order valence-electron chi connectivity index (χ0n) is 13.2. The van der Waals surface area contributed by atoms with Crippen molar-refractivity contribution in [2.24, 2.45) is 11.8 Å². The number of rotatable bonds is 9. The molecule has 0 saturated heterocycles. The molecule has 20 heavy (non-hydrogen) atoms. The van der Waals surface area contributed by atoms with Gasteiger partial charge >= 0.3 is 0 Å². The Labute approximate surface area is 123 Å². The summed E-state index contributed by atoms with van der Waals surface area (Å²) >= 11 is 0. The second-order valence-corrected chi connectivity index (χ2v) is 5.94. The van der Waals surface area contributed by atoms with Crippen LogP contribution >= 0.6 is 0 Å². The minimum absolute atomic E-state index is 0.241. The molecule has 0 fully saturated rings. The molecule has 0 aromatic heterocycles. The Morgan fingerprint density at radius 3 is 2.30 bits per heavy atom. The van der Waals surface area contributed by atoms with Gasteiger partial charge in [0.1, 0.15) is 11.5 Å². The van der Waals surface area contributed by atoms with Crippen LogP contribution in [0.25, 0.3) is 0 Å². The number of phenols is 2. The maximum atomic E-state index is 9.90. The number of phenolic OH excluding ortho intramolecular Hbond substituents is 2. The predicted octanol–water partition coefficient (Wildman–Crippen LogP) is 5.27. The lowest BCUT2D eigenvalue weighted by molar-refractivity contribution is 0.325. The third-order valence-corrected chi connectivity index (χ3v) is 4.36. The molecule has 0 bridgehead atoms. The summed E-state index contributed by atoms with van der Waals surface area (Å²) in [5.41, 5.74) is 0.877. The maximum absolute atomic E-state index is 9.90. The van der Waals surface area contributed by atoms with Gasteiger partial charge in [0.15, 0.2) is 0 Å². The molecule has 2 N–H and O–H groups in total. The summed E-state index contributed by atoms with van der Waals surface area (Å²) < 4.78 is 0. The largest absolute Gasteiger partial charge is 0.508 e. The predicted molar refractivity (Wildman–Crippen MR) is 85.2 cm³/mol. The average Bonchev–Trinajstić information content (AvgIpc) is 2.45. The van der Waals surface area contributed by atoms with Gasteiger partial charge in [0.05, 0.1) is 0 Å². The Bertz CT molecular complexity index is 387. The lowest BCUT2D eigenvalue weighted by Gasteiger charge is -2.22. The van der Waals surface area contributed by atoms with Crippen molar-refractivity contribution in [1.82, 2.24) is 0 Å². The van der Waals surface area contributed by atoms with E-state index < -0.39 is 0 Å². The monoisotopic (exact) mass is 278 g/mol. The van der Waals surface area contributed by atoms with Crippen LogP contribution in [-0.2, 0) is 6.42 Å². The summed E-state index contributed by atoms with van der Waals surface area (Å²) in [6, 6.07) is 4.83. The summed E-state index contributed by atoms with van der Waals surface area (Å²) in [4.78, 5) is 0. The van der Waals surface area contributed by atoms with Crippen LogP contribution in [-0.4, -0.2) is 10.2 Å². The van der Waals surface area contributed by atoms with Crippen molar-refractivity contribution in [2.75, 3.05) is 0 Å². The Balaban J connectivity index is 2.63. The van der Waals surface area contributed by atoms with Gasteiger partial charge in [0, 0.05) is 0 Å². The molecule has 2 unspecified atom stereocenters. The summed E-state index contributed by atoms with van der Waals surface area (Å²) in [5, 5.41) is 19.5. The molecule has 2 atom stereocenters. The van der Waals surface area contributed by atoms with Gasteiger partial charge in [-0.25, -0.2) is 0 Å². The fraction of sp³-hybridized carbons (Fsp3) is 0.667. The first-order valence-corrected chi connectivity index (χ1v) is 8.11. The van der Waals surface area contributed by atoms with Gasteiger partial charge in [-0.1, -0.05) is 52.9 Å². The molecular formula is C18H30O2. The highest BCUT2D eigenvalue weighted by atomic mass is 16.3. The van der Waals surface area contributed by atoms with E-state index in [1.165, 1.54) is 38.2 Å². The van der Waals surface area contributed by atoms with Crippen LogP contribution in [0.5, 0.6) is 11.5 Å². The zero-order chi connectivity index (χ0) is 15.0. The Morgan fingerprint density at radius 2 is 1.70 bits per heavy atom. The van der Waals surface area contributed by atoms with Crippen LogP contribution in [0.15, 0.2) is 18.2 Å². The molecule has 0 amide bonds. The van der Waals surface area contributed by atoms with Crippen LogP contribution in [0.1, 0.15) is 64.9 Å². The minimum Gasteiger partial charge on any atom is -0.508 e. The summed E-state index contributed by atoms with van der Waals surface area (Å²) in [7, 11) is 0. The molecule has 1 rings (SSSR count). The third-order valence-electron chi connectivity index (χ3n) is 4.36. The van der Waals surface area contributed by atoms with E-state index in [0.29, 0.717) is 11.7 Å². The fourth-order valence-electron chi connectivity index (χ4n) is 2.89. The quantitative estimate of drug-likeness (QED) is 0.604. The van der Waals surface area contributed by atoms with Gasteiger partial charge < -0.3 is 10.2 Å². The van der Waals surface area contributed by atoms with Gasteiger partial charge in [0.25, 0.3) is 0 Å². The molecular weight excluding hydrogens is 248 g/mol. The first-order valence-electron chi connectivity index (χ1n) is 8.11. The van der Waals surface area contributed by atoms with Gasteiger partial charge in [-0.05, 0) is 48.4 Å². The molecule has 114 valence electrons. The first kappa shape index (κ1) is 16.9. The van der Waals surface area contributed by atoms with Crippen molar-refractivity contribution < 1.29 is 10.2 Å². The molecule has 0 aliphatic rings. The topological polar surface area (TPSA) is 40.5 Å². The van der Waals surface area contributed by atoms with Crippen LogP contribution in [0.3, 0.4) is 0 Å². The smallest absolute Gasteiger partial charge is 0.119 e. The van der Waals surface area contributed by atoms with Crippen molar-refractivity contribution in [3.05, 3.63) is 23.8 Å². The summed E-state index contributed by atoms with van der Waals surface area (Å²) in [5.74, 6) is 1.93. The van der Waals surface area contributed by atoms with E-state index in [4.69, 9.17) is 0 Å². The molecule has 0 aliphatic heterocycles. The van der Waals surface area contributed by atoms with Gasteiger partial charge in [0.2, 0.25) is 0 Å². The SMILES string of the molecule is CCCCC(CC)CC(CC)Cc1cc(O)ccc1O. The van der Waals surface area contributed by atoms with E-state index in [1.807, 2.05) is 0 Å². The number of hydrogen-bond acceptors (Lipinski definition) is 2. The minimum atomic E-state index is 0.241. The summed E-state index contributed by atoms with van der Waals surface area (Å²) in [6.07, 6.45) is 8.34. The normalized spacial score (nSPS) is 14.2. The maximum Gasteiger partial charge on any atom is 0.119 e. The molecule has 2 nitrogen and oxygen atoms in total. The average molecular weight is 278 g/mol. The highest BCUT2D eigenvalue weighted by Gasteiger charge is 2.16. The van der Waals surface area contributed by atoms with Crippen LogP contribution in [0.2, 0.25) is 0 Å². The second kappa shape index (κ2) is 8.89. The molecule has 2 heteroatoms. The molecule has 0 heterocycles. The van der Waals surface area contributed by atoms with Crippen molar-refractivity contribution in [2.45, 2.75) is 65.7 Å². The number of benzene rings is 1. The van der Waals surface area contributed by atoms with E-state index in [1.54, 1.807) is 12.1 Å². The van der Waals surface area contributed by atoms with Crippen molar-refractivity contribution >= 4 is 0 Å². The molecule has 1 aromatic carbocycles. The third kappa shape index (κ3) is 5.44. The van der Waals surface area contributed by atoms with E-state index in [-0.39, 0.29) is 5.75 Å². The Morgan fingerprint density at radius 1 is 1.00 bits per heavy atom. The van der Waals surface area contributed by atoms with E-state index >= 15 is 0 Å². The van der Waals surface area contributed by atoms with Crippen molar-refractivity contribution in [3.63, 3.8) is 0 Å². The second-order valence-electron chi connectivity index (χ2n) is 5.94. The van der Waals surface area contributed by atoms with E-state index in [2.05, 4.69) is 20.8 Å². The standard InChI is InChI=1S/C18H30O2/c1-4-7-8-14(5-2)11-15(6-3)12-16-13-17(19)9-10-18(16)20/h9-10,13-15,19-20H,4-8,11-12H2,1-3H3. The number of aromatic hydroxyl groups is 2. The highest BCUT2D eigenvalue weighted by Crippen LogP contribution is 2.30. The molecule has 0 aliphatic carbocycles. The van der Waals surface area contributed by atoms with Crippen molar-refractivity contribution in [3.8, 4) is 11.5 Å². The van der Waals surface area contributed by atoms with Gasteiger partial charge in [-0.2, -0.15) is 0 Å². The van der Waals surface area contributed by atoms with Gasteiger partial charge in [-0.15, -0.1) is 0 Å². The zero-order valence-corrected chi connectivity index (χ0v) is 13.2. The van der Waals surface area contributed by atoms with E-state index in [9.17, 15) is 10.2 Å².